The first kappa shape index (κ1) is 19.7. The molecule has 6 nitrogen and oxygen atoms in total. The molecule has 0 bridgehead atoms. The summed E-state index contributed by atoms with van der Waals surface area (Å²) >= 11 is 1.29. The number of hydrogen-bond donors (Lipinski definition) is 0. The number of amidine groups is 1. The van der Waals surface area contributed by atoms with Crippen molar-refractivity contribution in [2.45, 2.75) is 6.92 Å². The Morgan fingerprint density at radius 1 is 1.18 bits per heavy atom. The topological polar surface area (TPSA) is 68.2 Å². The number of likely N-dealkylation sites (N-methyl/N-ethyl adjacent to an activating group) is 1. The van der Waals surface area contributed by atoms with Crippen molar-refractivity contribution in [1.29, 1.82) is 0 Å². The molecule has 0 aliphatic carbocycles. The lowest BCUT2D eigenvalue weighted by molar-refractivity contribution is -0.121. The molecule has 0 saturated carbocycles. The minimum Gasteiger partial charge on any atom is -0.496 e. The van der Waals surface area contributed by atoms with E-state index in [9.17, 15) is 9.59 Å². The first-order chi connectivity index (χ1) is 13.5. The Hall–Kier alpha value is -3.06. The van der Waals surface area contributed by atoms with Gasteiger partial charge in [0.1, 0.15) is 5.75 Å². The van der Waals surface area contributed by atoms with Gasteiger partial charge in [-0.05, 0) is 55.1 Å². The highest BCUT2D eigenvalue weighted by Crippen LogP contribution is 2.34. The van der Waals surface area contributed by atoms with E-state index in [1.165, 1.54) is 16.7 Å². The summed E-state index contributed by atoms with van der Waals surface area (Å²) in [7, 11) is 3.28. The molecule has 1 amide bonds. The third kappa shape index (κ3) is 4.26. The van der Waals surface area contributed by atoms with E-state index < -0.39 is 0 Å². The molecule has 3 rings (SSSR count). The maximum atomic E-state index is 12.6. The van der Waals surface area contributed by atoms with E-state index in [1.54, 1.807) is 51.4 Å². The molecular weight excluding hydrogens is 376 g/mol. The van der Waals surface area contributed by atoms with Crippen molar-refractivity contribution < 1.29 is 19.1 Å². The molecule has 0 unspecified atom stereocenters. The zero-order valence-electron chi connectivity index (χ0n) is 15.8. The summed E-state index contributed by atoms with van der Waals surface area (Å²) < 4.78 is 10.3. The lowest BCUT2D eigenvalue weighted by Crippen LogP contribution is -2.23. The number of benzene rings is 2. The van der Waals surface area contributed by atoms with Gasteiger partial charge in [0.15, 0.2) is 5.17 Å². The summed E-state index contributed by atoms with van der Waals surface area (Å²) in [4.78, 5) is 30.9. The van der Waals surface area contributed by atoms with Crippen LogP contribution < -0.4 is 4.74 Å². The van der Waals surface area contributed by atoms with E-state index in [-0.39, 0.29) is 11.9 Å². The second-order valence-electron chi connectivity index (χ2n) is 5.88. The number of thioether (sulfide) groups is 1. The van der Waals surface area contributed by atoms with Crippen LogP contribution in [0.15, 0.2) is 58.4 Å². The van der Waals surface area contributed by atoms with Gasteiger partial charge in [0, 0.05) is 12.6 Å². The van der Waals surface area contributed by atoms with Gasteiger partial charge in [0.05, 0.1) is 29.9 Å². The fourth-order valence-electron chi connectivity index (χ4n) is 2.58. The molecule has 144 valence electrons. The molecule has 0 radical (unpaired) electrons. The van der Waals surface area contributed by atoms with Crippen LogP contribution in [0.4, 0.5) is 5.69 Å². The van der Waals surface area contributed by atoms with Crippen LogP contribution in [-0.4, -0.2) is 42.7 Å². The first-order valence-electron chi connectivity index (χ1n) is 8.70. The summed E-state index contributed by atoms with van der Waals surface area (Å²) in [5, 5.41) is 0.565. The molecule has 0 atom stereocenters. The summed E-state index contributed by atoms with van der Waals surface area (Å²) in [6.45, 7) is 2.09. The van der Waals surface area contributed by atoms with Crippen LogP contribution in [0.1, 0.15) is 22.8 Å². The monoisotopic (exact) mass is 396 g/mol. The van der Waals surface area contributed by atoms with E-state index in [0.29, 0.717) is 33.7 Å². The van der Waals surface area contributed by atoms with Crippen molar-refractivity contribution in [3.05, 3.63) is 64.6 Å². The number of methoxy groups -OCH3 is 1. The van der Waals surface area contributed by atoms with Crippen LogP contribution in [0.5, 0.6) is 5.75 Å². The number of carbonyl (C=O) groups excluding carboxylic acids is 2. The third-order valence-corrected chi connectivity index (χ3v) is 5.09. The first-order valence-corrected chi connectivity index (χ1v) is 9.51. The van der Waals surface area contributed by atoms with Gasteiger partial charge in [-0.15, -0.1) is 0 Å². The number of esters is 1. The molecule has 28 heavy (non-hydrogen) atoms. The number of carbonyl (C=O) groups is 2. The summed E-state index contributed by atoms with van der Waals surface area (Å²) in [5.74, 6) is 0.204. The second-order valence-corrected chi connectivity index (χ2v) is 6.89. The fourth-order valence-corrected chi connectivity index (χ4v) is 3.55. The van der Waals surface area contributed by atoms with E-state index >= 15 is 0 Å². The molecule has 0 N–H and O–H groups in total. The number of hydrogen-bond acceptors (Lipinski definition) is 6. The fraction of sp³-hybridized carbons (Fsp3) is 0.190. The van der Waals surface area contributed by atoms with Crippen molar-refractivity contribution in [1.82, 2.24) is 4.90 Å². The predicted octanol–water partition coefficient (Wildman–Crippen LogP) is 4.11. The zero-order chi connectivity index (χ0) is 20.1. The van der Waals surface area contributed by atoms with Crippen molar-refractivity contribution in [3.63, 3.8) is 0 Å². The molecule has 1 fully saturated rings. The Balaban J connectivity index is 1.83. The number of nitrogens with zero attached hydrogens (tertiary/aromatic N) is 2. The predicted molar refractivity (Wildman–Crippen MR) is 111 cm³/mol. The minimum absolute atomic E-state index is 0.127. The van der Waals surface area contributed by atoms with Crippen LogP contribution in [0, 0.1) is 0 Å². The molecule has 2 aromatic carbocycles. The number of rotatable bonds is 5. The zero-order valence-corrected chi connectivity index (χ0v) is 16.7. The van der Waals surface area contributed by atoms with Gasteiger partial charge >= 0.3 is 5.97 Å². The molecule has 2 aromatic rings. The van der Waals surface area contributed by atoms with E-state index in [0.717, 1.165) is 5.56 Å². The van der Waals surface area contributed by atoms with Gasteiger partial charge in [0.25, 0.3) is 5.91 Å². The van der Waals surface area contributed by atoms with Gasteiger partial charge in [0.2, 0.25) is 0 Å². The number of ether oxygens (including phenoxy) is 2. The largest absolute Gasteiger partial charge is 0.496 e. The van der Waals surface area contributed by atoms with Gasteiger partial charge < -0.3 is 9.47 Å². The van der Waals surface area contributed by atoms with Crippen molar-refractivity contribution in [2.24, 2.45) is 4.99 Å². The standard InChI is InChI=1S/C21H20N2O4S/c1-4-27-20(25)14-9-11-16(12-10-14)22-21-23(2)19(24)18(28-21)13-15-7-5-6-8-17(15)26-3/h5-13H,4H2,1-3H3/b18-13-,22-21?. The Kier molecular flexibility index (Phi) is 6.16. The lowest BCUT2D eigenvalue weighted by atomic mass is 10.2. The van der Waals surface area contributed by atoms with Gasteiger partial charge in [-0.1, -0.05) is 18.2 Å². The molecule has 1 aliphatic rings. The maximum absolute atomic E-state index is 12.6. The average Bonchev–Trinajstić information content (AvgIpc) is 2.97. The summed E-state index contributed by atoms with van der Waals surface area (Å²) in [5.41, 5.74) is 1.94. The highest BCUT2D eigenvalue weighted by molar-refractivity contribution is 8.18. The van der Waals surface area contributed by atoms with Crippen LogP contribution in [0.2, 0.25) is 0 Å². The van der Waals surface area contributed by atoms with Crippen molar-refractivity contribution in [2.75, 3.05) is 20.8 Å². The van der Waals surface area contributed by atoms with Crippen LogP contribution >= 0.6 is 11.8 Å². The van der Waals surface area contributed by atoms with Gasteiger partial charge in [-0.3, -0.25) is 9.69 Å². The molecule has 0 aromatic heterocycles. The summed E-state index contributed by atoms with van der Waals surface area (Å²) in [6.07, 6.45) is 1.80. The second kappa shape index (κ2) is 8.75. The summed E-state index contributed by atoms with van der Waals surface area (Å²) in [6, 6.07) is 14.3. The quantitative estimate of drug-likeness (QED) is 0.562. The van der Waals surface area contributed by atoms with E-state index in [1.807, 2.05) is 24.3 Å². The molecule has 7 heteroatoms. The van der Waals surface area contributed by atoms with E-state index in [2.05, 4.69) is 4.99 Å². The smallest absolute Gasteiger partial charge is 0.338 e. The lowest BCUT2D eigenvalue weighted by Gasteiger charge is -2.07. The number of amides is 1. The Labute approximate surface area is 167 Å². The Morgan fingerprint density at radius 3 is 2.57 bits per heavy atom. The molecule has 0 spiro atoms. The SMILES string of the molecule is CCOC(=O)c1ccc(N=C2S/C(=C\c3ccccc3OC)C(=O)N2C)cc1. The van der Waals surface area contributed by atoms with Gasteiger partial charge in [-0.25, -0.2) is 9.79 Å². The Bertz CT molecular complexity index is 951. The van der Waals surface area contributed by atoms with Crippen molar-refractivity contribution >= 4 is 40.6 Å². The highest BCUT2D eigenvalue weighted by atomic mass is 32.2. The van der Waals surface area contributed by atoms with Crippen LogP contribution in [-0.2, 0) is 9.53 Å². The van der Waals surface area contributed by atoms with E-state index in [4.69, 9.17) is 9.47 Å². The minimum atomic E-state index is -0.369. The number of para-hydroxylation sites is 1. The number of aliphatic imine (C=N–C) groups is 1. The molecule has 1 saturated heterocycles. The molecular formula is C21H20N2O4S. The molecule has 1 aliphatic heterocycles. The van der Waals surface area contributed by atoms with Crippen LogP contribution in [0.3, 0.4) is 0 Å². The third-order valence-electron chi connectivity index (χ3n) is 4.03. The normalized spacial score (nSPS) is 16.7. The maximum Gasteiger partial charge on any atom is 0.338 e. The average molecular weight is 396 g/mol. The Morgan fingerprint density at radius 2 is 1.89 bits per heavy atom. The highest BCUT2D eigenvalue weighted by Gasteiger charge is 2.30. The van der Waals surface area contributed by atoms with Crippen molar-refractivity contribution in [3.8, 4) is 5.75 Å². The van der Waals surface area contributed by atoms with Gasteiger partial charge in [-0.2, -0.15) is 0 Å². The molecule has 1 heterocycles. The van der Waals surface area contributed by atoms with Crippen LogP contribution in [0.25, 0.3) is 6.08 Å².